The van der Waals surface area contributed by atoms with Crippen LogP contribution in [0.5, 0.6) is 5.75 Å². The Balaban J connectivity index is 1.32. The van der Waals surface area contributed by atoms with Gasteiger partial charge in [0.2, 0.25) is 5.91 Å². The highest BCUT2D eigenvalue weighted by Gasteiger charge is 2.54. The van der Waals surface area contributed by atoms with Crippen LogP contribution in [0.2, 0.25) is 0 Å². The zero-order valence-electron chi connectivity index (χ0n) is 18.6. The summed E-state index contributed by atoms with van der Waals surface area (Å²) in [5.74, 6) is 0.973. The van der Waals surface area contributed by atoms with Gasteiger partial charge in [-0.15, -0.1) is 0 Å². The second-order valence-electron chi connectivity index (χ2n) is 9.39. The van der Waals surface area contributed by atoms with Gasteiger partial charge in [-0.05, 0) is 36.1 Å². The third-order valence-electron chi connectivity index (χ3n) is 7.37. The lowest BCUT2D eigenvalue weighted by Crippen LogP contribution is -2.47. The van der Waals surface area contributed by atoms with Gasteiger partial charge >= 0.3 is 6.09 Å². The molecule has 3 aliphatic rings. The number of benzene rings is 2. The van der Waals surface area contributed by atoms with Gasteiger partial charge in [0.25, 0.3) is 0 Å². The molecule has 3 fully saturated rings. The fourth-order valence-electron chi connectivity index (χ4n) is 5.67. The van der Waals surface area contributed by atoms with Crippen LogP contribution in [-0.2, 0) is 21.5 Å². The van der Waals surface area contributed by atoms with Crippen molar-refractivity contribution in [2.45, 2.75) is 49.7 Å². The van der Waals surface area contributed by atoms with Crippen molar-refractivity contribution in [3.63, 3.8) is 0 Å². The second-order valence-corrected chi connectivity index (χ2v) is 9.39. The monoisotopic (exact) mass is 434 g/mol. The number of nitrogens with zero attached hydrogens (tertiary/aromatic N) is 2. The third kappa shape index (κ3) is 3.61. The molecule has 1 saturated carbocycles. The summed E-state index contributed by atoms with van der Waals surface area (Å²) in [6.07, 6.45) is 4.24. The topological polar surface area (TPSA) is 59.1 Å². The summed E-state index contributed by atoms with van der Waals surface area (Å²) in [4.78, 5) is 30.2. The molecule has 0 unspecified atom stereocenters. The van der Waals surface area contributed by atoms with Crippen molar-refractivity contribution in [2.24, 2.45) is 0 Å². The Bertz CT molecular complexity index is 985. The number of carbonyl (C=O) groups is 2. The zero-order chi connectivity index (χ0) is 22.2. The molecule has 0 aromatic heterocycles. The van der Waals surface area contributed by atoms with Crippen molar-refractivity contribution in [3.8, 4) is 5.75 Å². The molecule has 1 aliphatic carbocycles. The summed E-state index contributed by atoms with van der Waals surface area (Å²) < 4.78 is 11.2. The van der Waals surface area contributed by atoms with Crippen LogP contribution in [0.15, 0.2) is 54.6 Å². The maximum absolute atomic E-state index is 13.9. The molecule has 2 aromatic rings. The van der Waals surface area contributed by atoms with Crippen molar-refractivity contribution in [2.75, 3.05) is 26.7 Å². The van der Waals surface area contributed by atoms with Crippen molar-refractivity contribution in [1.29, 1.82) is 0 Å². The fourth-order valence-corrected chi connectivity index (χ4v) is 5.67. The molecule has 0 N–H and O–H groups in total. The highest BCUT2D eigenvalue weighted by molar-refractivity contribution is 5.89. The largest absolute Gasteiger partial charge is 0.497 e. The number of carbonyl (C=O) groups excluding carboxylic acids is 2. The molecule has 1 spiro atoms. The van der Waals surface area contributed by atoms with Crippen LogP contribution in [0.25, 0.3) is 0 Å². The van der Waals surface area contributed by atoms with Crippen LogP contribution in [0.4, 0.5) is 4.79 Å². The molecular weight excluding hydrogens is 404 g/mol. The van der Waals surface area contributed by atoms with E-state index in [1.54, 1.807) is 12.0 Å². The van der Waals surface area contributed by atoms with Gasteiger partial charge in [0, 0.05) is 19.5 Å². The van der Waals surface area contributed by atoms with Crippen molar-refractivity contribution in [3.05, 3.63) is 65.7 Å². The van der Waals surface area contributed by atoms with Crippen LogP contribution < -0.4 is 4.74 Å². The van der Waals surface area contributed by atoms with E-state index < -0.39 is 11.0 Å². The summed E-state index contributed by atoms with van der Waals surface area (Å²) >= 11 is 0. The minimum Gasteiger partial charge on any atom is -0.497 e. The SMILES string of the molecule is COc1ccc(C2(C(=O)N3CC[C@]4(CN(Cc5ccccc5)C(=O)O4)C3)CCCC2)cc1. The predicted molar refractivity (Wildman–Crippen MR) is 120 cm³/mol. The Hall–Kier alpha value is -3.02. The highest BCUT2D eigenvalue weighted by Crippen LogP contribution is 2.45. The normalized spacial score (nSPS) is 24.2. The molecule has 6 heteroatoms. The lowest BCUT2D eigenvalue weighted by Gasteiger charge is -2.33. The summed E-state index contributed by atoms with van der Waals surface area (Å²) in [5, 5.41) is 0. The molecule has 1 atom stereocenters. The lowest BCUT2D eigenvalue weighted by atomic mass is 9.77. The first-order valence-electron chi connectivity index (χ1n) is 11.5. The molecule has 0 radical (unpaired) electrons. The second kappa shape index (κ2) is 8.15. The van der Waals surface area contributed by atoms with Gasteiger partial charge in [0.05, 0.1) is 25.6 Å². The predicted octanol–water partition coefficient (Wildman–Crippen LogP) is 4.13. The van der Waals surface area contributed by atoms with Crippen LogP contribution >= 0.6 is 0 Å². The molecule has 6 nitrogen and oxygen atoms in total. The molecule has 2 amide bonds. The van der Waals surface area contributed by atoms with Crippen LogP contribution in [0, 0.1) is 0 Å². The van der Waals surface area contributed by atoms with Gasteiger partial charge in [-0.2, -0.15) is 0 Å². The first kappa shape index (κ1) is 20.9. The Morgan fingerprint density at radius 1 is 1.00 bits per heavy atom. The first-order valence-corrected chi connectivity index (χ1v) is 11.5. The van der Waals surface area contributed by atoms with E-state index in [1.165, 1.54) is 0 Å². The average Bonchev–Trinajstić information content (AvgIpc) is 3.54. The third-order valence-corrected chi connectivity index (χ3v) is 7.37. The molecule has 32 heavy (non-hydrogen) atoms. The summed E-state index contributed by atoms with van der Waals surface area (Å²) in [7, 11) is 1.65. The van der Waals surface area contributed by atoms with Crippen molar-refractivity contribution < 1.29 is 19.1 Å². The van der Waals surface area contributed by atoms with Gasteiger partial charge in [-0.25, -0.2) is 4.79 Å². The molecule has 168 valence electrons. The minimum absolute atomic E-state index is 0.176. The average molecular weight is 435 g/mol. The molecule has 0 bridgehead atoms. The number of methoxy groups -OCH3 is 1. The standard InChI is InChI=1S/C26H30N2O4/c1-31-22-11-9-21(10-12-22)26(13-5-6-14-26)23(29)27-16-15-25(18-27)19-28(24(30)32-25)17-20-7-3-2-4-8-20/h2-4,7-12H,5-6,13-19H2,1H3/t25-/m1/s1. The maximum Gasteiger partial charge on any atom is 0.410 e. The van der Waals surface area contributed by atoms with Crippen molar-refractivity contribution >= 4 is 12.0 Å². The first-order chi connectivity index (χ1) is 15.5. The van der Waals surface area contributed by atoms with E-state index in [-0.39, 0.29) is 12.0 Å². The number of rotatable bonds is 5. The number of hydrogen-bond donors (Lipinski definition) is 0. The number of amides is 2. The Labute approximate surface area is 189 Å². The van der Waals surface area contributed by atoms with E-state index in [2.05, 4.69) is 0 Å². The Morgan fingerprint density at radius 2 is 1.72 bits per heavy atom. The van der Waals surface area contributed by atoms with Crippen LogP contribution in [0.1, 0.15) is 43.2 Å². The number of ether oxygens (including phenoxy) is 2. The van der Waals surface area contributed by atoms with E-state index in [1.807, 2.05) is 59.5 Å². The summed E-state index contributed by atoms with van der Waals surface area (Å²) in [6, 6.07) is 17.9. The van der Waals surface area contributed by atoms with Gasteiger partial charge in [0.15, 0.2) is 5.60 Å². The summed E-state index contributed by atoms with van der Waals surface area (Å²) in [6.45, 7) is 2.16. The van der Waals surface area contributed by atoms with E-state index in [0.29, 0.717) is 32.6 Å². The lowest BCUT2D eigenvalue weighted by molar-refractivity contribution is -0.137. The quantitative estimate of drug-likeness (QED) is 0.710. The van der Waals surface area contributed by atoms with Crippen LogP contribution in [0.3, 0.4) is 0 Å². The smallest absolute Gasteiger partial charge is 0.410 e. The Morgan fingerprint density at radius 3 is 2.41 bits per heavy atom. The van der Waals surface area contributed by atoms with E-state index in [0.717, 1.165) is 42.6 Å². The van der Waals surface area contributed by atoms with Gasteiger partial charge in [0.1, 0.15) is 5.75 Å². The van der Waals surface area contributed by atoms with Crippen LogP contribution in [-0.4, -0.2) is 54.1 Å². The van der Waals surface area contributed by atoms with E-state index in [9.17, 15) is 9.59 Å². The molecular formula is C26H30N2O4. The molecule has 2 aromatic carbocycles. The highest BCUT2D eigenvalue weighted by atomic mass is 16.6. The van der Waals surface area contributed by atoms with Crippen molar-refractivity contribution in [1.82, 2.24) is 9.80 Å². The molecule has 2 aliphatic heterocycles. The maximum atomic E-state index is 13.9. The minimum atomic E-state index is -0.596. The Kier molecular flexibility index (Phi) is 5.31. The molecule has 5 rings (SSSR count). The van der Waals surface area contributed by atoms with E-state index in [4.69, 9.17) is 9.47 Å². The fraction of sp³-hybridized carbons (Fsp3) is 0.462. The number of likely N-dealkylation sites (tertiary alicyclic amines) is 1. The molecule has 2 saturated heterocycles. The molecule has 2 heterocycles. The summed E-state index contributed by atoms with van der Waals surface area (Å²) in [5.41, 5.74) is 1.07. The van der Waals surface area contributed by atoms with Gasteiger partial charge in [-0.1, -0.05) is 55.3 Å². The van der Waals surface area contributed by atoms with Gasteiger partial charge < -0.3 is 14.4 Å². The number of hydrogen-bond acceptors (Lipinski definition) is 4. The van der Waals surface area contributed by atoms with Gasteiger partial charge in [-0.3, -0.25) is 9.69 Å². The zero-order valence-corrected chi connectivity index (χ0v) is 18.6. The van der Waals surface area contributed by atoms with E-state index >= 15 is 0 Å².